The van der Waals surface area contributed by atoms with Crippen LogP contribution in [0.25, 0.3) is 0 Å². The molecule has 19 heavy (non-hydrogen) atoms. The quantitative estimate of drug-likeness (QED) is 0.519. The number of aromatic hydroxyl groups is 1. The van der Waals surface area contributed by atoms with Crippen molar-refractivity contribution in [2.45, 2.75) is 32.1 Å². The molecule has 2 rings (SSSR count). The molecule has 1 fully saturated rings. The Morgan fingerprint density at radius 3 is 2.79 bits per heavy atom. The largest absolute Gasteiger partial charge is 0.505 e. The first kappa shape index (κ1) is 13.5. The molecule has 0 saturated heterocycles. The van der Waals surface area contributed by atoms with Crippen molar-refractivity contribution < 1.29 is 19.1 Å². The number of carbonyl (C=O) groups excluding carboxylic acids is 1. The van der Waals surface area contributed by atoms with E-state index in [0.717, 1.165) is 31.7 Å². The predicted molar refractivity (Wildman–Crippen MR) is 68.3 cm³/mol. The van der Waals surface area contributed by atoms with Crippen molar-refractivity contribution in [2.75, 3.05) is 0 Å². The number of carbonyl (C=O) groups is 1. The highest BCUT2D eigenvalue weighted by Gasteiger charge is 2.22. The lowest BCUT2D eigenvalue weighted by atomic mass is 9.89. The van der Waals surface area contributed by atoms with Crippen molar-refractivity contribution >= 4 is 12.2 Å². The Kier molecular flexibility index (Phi) is 4.49. The molecule has 0 aliphatic heterocycles. The van der Waals surface area contributed by atoms with Crippen molar-refractivity contribution in [1.82, 2.24) is 0 Å². The summed E-state index contributed by atoms with van der Waals surface area (Å²) in [4.78, 5) is 16.5. The van der Waals surface area contributed by atoms with Gasteiger partial charge in [-0.05, 0) is 36.6 Å². The van der Waals surface area contributed by atoms with Gasteiger partial charge >= 0.3 is 5.97 Å². The van der Waals surface area contributed by atoms with Crippen LogP contribution in [0.15, 0.2) is 23.4 Å². The molecule has 1 aromatic carbocycles. The molecule has 0 atom stereocenters. The third-order valence-corrected chi connectivity index (χ3v) is 3.25. The molecule has 102 valence electrons. The van der Waals surface area contributed by atoms with E-state index in [2.05, 4.69) is 5.16 Å². The van der Waals surface area contributed by atoms with E-state index in [4.69, 9.17) is 9.94 Å². The van der Waals surface area contributed by atoms with Gasteiger partial charge in [-0.2, -0.15) is 0 Å². The topological polar surface area (TPSA) is 58.9 Å². The maximum Gasteiger partial charge on any atom is 0.338 e. The highest BCUT2D eigenvalue weighted by Crippen LogP contribution is 2.24. The number of nitrogens with zero attached hydrogens (tertiary/aromatic N) is 1. The van der Waals surface area contributed by atoms with E-state index in [1.54, 1.807) is 0 Å². The Balaban J connectivity index is 1.88. The lowest BCUT2D eigenvalue weighted by Gasteiger charge is -2.17. The summed E-state index contributed by atoms with van der Waals surface area (Å²) in [6.07, 6.45) is 6.22. The van der Waals surface area contributed by atoms with E-state index in [1.807, 2.05) is 0 Å². The number of oxime groups is 1. The maximum absolute atomic E-state index is 13.0. The minimum Gasteiger partial charge on any atom is -0.505 e. The number of hydrogen-bond donors (Lipinski definition) is 1. The van der Waals surface area contributed by atoms with Crippen LogP contribution in [0.1, 0.15) is 37.7 Å². The second-order valence-electron chi connectivity index (χ2n) is 4.69. The van der Waals surface area contributed by atoms with E-state index in [0.29, 0.717) is 5.56 Å². The summed E-state index contributed by atoms with van der Waals surface area (Å²) >= 11 is 0. The lowest BCUT2D eigenvalue weighted by molar-refractivity contribution is -0.149. The Labute approximate surface area is 110 Å². The Morgan fingerprint density at radius 1 is 1.37 bits per heavy atom. The van der Waals surface area contributed by atoms with Gasteiger partial charge in [0.25, 0.3) is 0 Å². The highest BCUT2D eigenvalue weighted by molar-refractivity contribution is 5.80. The van der Waals surface area contributed by atoms with Gasteiger partial charge in [-0.25, -0.2) is 9.18 Å². The predicted octanol–water partition coefficient (Wildman–Crippen LogP) is 2.99. The lowest BCUT2D eigenvalue weighted by Crippen LogP contribution is -2.18. The van der Waals surface area contributed by atoms with Crippen molar-refractivity contribution in [3.05, 3.63) is 29.6 Å². The SMILES string of the molecule is O=C(ON=Cc1ccc(O)c(F)c1)C1CCCCC1. The van der Waals surface area contributed by atoms with E-state index in [-0.39, 0.29) is 11.9 Å². The summed E-state index contributed by atoms with van der Waals surface area (Å²) in [5.74, 6) is -1.54. The minimum absolute atomic E-state index is 0.0672. The van der Waals surface area contributed by atoms with Gasteiger partial charge in [0.1, 0.15) is 0 Å². The van der Waals surface area contributed by atoms with Gasteiger partial charge in [0, 0.05) is 0 Å². The molecule has 1 N–H and O–H groups in total. The molecule has 0 unspecified atom stereocenters. The molecular formula is C14H16FNO3. The second kappa shape index (κ2) is 6.31. The zero-order valence-electron chi connectivity index (χ0n) is 10.5. The Hall–Kier alpha value is -1.91. The molecule has 0 aromatic heterocycles. The van der Waals surface area contributed by atoms with Gasteiger partial charge < -0.3 is 9.94 Å². The van der Waals surface area contributed by atoms with Crippen LogP contribution in [-0.2, 0) is 9.63 Å². The van der Waals surface area contributed by atoms with Crippen molar-refractivity contribution in [3.63, 3.8) is 0 Å². The van der Waals surface area contributed by atoms with Crippen LogP contribution in [0.3, 0.4) is 0 Å². The molecule has 5 heteroatoms. The molecule has 1 aliphatic rings. The summed E-state index contributed by atoms with van der Waals surface area (Å²) in [5.41, 5.74) is 0.423. The van der Waals surface area contributed by atoms with Gasteiger partial charge in [-0.1, -0.05) is 24.4 Å². The standard InChI is InChI=1S/C14H16FNO3/c15-12-8-10(6-7-13(12)17)9-16-19-14(18)11-4-2-1-3-5-11/h6-9,11,17H,1-5H2. The molecule has 0 radical (unpaired) electrons. The summed E-state index contributed by atoms with van der Waals surface area (Å²) in [6, 6.07) is 3.82. The molecule has 0 spiro atoms. The average molecular weight is 265 g/mol. The summed E-state index contributed by atoms with van der Waals surface area (Å²) in [5, 5.41) is 12.6. The Morgan fingerprint density at radius 2 is 2.11 bits per heavy atom. The monoisotopic (exact) mass is 265 g/mol. The molecule has 1 saturated carbocycles. The number of hydrogen-bond acceptors (Lipinski definition) is 4. The second-order valence-corrected chi connectivity index (χ2v) is 4.69. The van der Waals surface area contributed by atoms with Crippen molar-refractivity contribution in [1.29, 1.82) is 0 Å². The van der Waals surface area contributed by atoms with E-state index >= 15 is 0 Å². The number of phenolic OH excluding ortho intramolecular Hbond substituents is 1. The summed E-state index contributed by atoms with van der Waals surface area (Å²) in [6.45, 7) is 0. The third kappa shape index (κ3) is 3.77. The summed E-state index contributed by atoms with van der Waals surface area (Å²) < 4.78 is 13.0. The summed E-state index contributed by atoms with van der Waals surface area (Å²) in [7, 11) is 0. The van der Waals surface area contributed by atoms with Crippen LogP contribution >= 0.6 is 0 Å². The maximum atomic E-state index is 13.0. The fourth-order valence-electron chi connectivity index (χ4n) is 2.16. The molecule has 0 bridgehead atoms. The van der Waals surface area contributed by atoms with Crippen LogP contribution in [-0.4, -0.2) is 17.3 Å². The van der Waals surface area contributed by atoms with E-state index in [9.17, 15) is 9.18 Å². The van der Waals surface area contributed by atoms with E-state index < -0.39 is 11.6 Å². The van der Waals surface area contributed by atoms with Gasteiger partial charge in [0.2, 0.25) is 0 Å². The fraction of sp³-hybridized carbons (Fsp3) is 0.429. The fourth-order valence-corrected chi connectivity index (χ4v) is 2.16. The molecule has 1 aromatic rings. The van der Waals surface area contributed by atoms with Crippen LogP contribution in [0.4, 0.5) is 4.39 Å². The number of rotatable bonds is 3. The average Bonchev–Trinajstić information content (AvgIpc) is 2.43. The highest BCUT2D eigenvalue weighted by atomic mass is 19.1. The number of benzene rings is 1. The van der Waals surface area contributed by atoms with Gasteiger partial charge in [-0.3, -0.25) is 0 Å². The molecule has 0 amide bonds. The van der Waals surface area contributed by atoms with Gasteiger partial charge in [0.05, 0.1) is 12.1 Å². The van der Waals surface area contributed by atoms with E-state index in [1.165, 1.54) is 24.8 Å². The normalized spacial score (nSPS) is 16.7. The van der Waals surface area contributed by atoms with Gasteiger partial charge in [-0.15, -0.1) is 0 Å². The molecular weight excluding hydrogens is 249 g/mol. The first-order valence-corrected chi connectivity index (χ1v) is 6.39. The molecule has 4 nitrogen and oxygen atoms in total. The van der Waals surface area contributed by atoms with Crippen molar-refractivity contribution in [2.24, 2.45) is 11.1 Å². The van der Waals surface area contributed by atoms with Crippen LogP contribution in [0.2, 0.25) is 0 Å². The van der Waals surface area contributed by atoms with Crippen LogP contribution in [0.5, 0.6) is 5.75 Å². The molecule has 0 heterocycles. The first-order chi connectivity index (χ1) is 9.16. The van der Waals surface area contributed by atoms with Crippen LogP contribution < -0.4 is 0 Å². The zero-order valence-corrected chi connectivity index (χ0v) is 10.5. The Bertz CT molecular complexity index is 482. The zero-order chi connectivity index (χ0) is 13.7. The molecule has 1 aliphatic carbocycles. The number of halogens is 1. The van der Waals surface area contributed by atoms with Crippen LogP contribution in [0, 0.1) is 11.7 Å². The van der Waals surface area contributed by atoms with Crippen molar-refractivity contribution in [3.8, 4) is 5.75 Å². The first-order valence-electron chi connectivity index (χ1n) is 6.39. The number of phenols is 1. The smallest absolute Gasteiger partial charge is 0.338 e. The minimum atomic E-state index is -0.734. The third-order valence-electron chi connectivity index (χ3n) is 3.25. The van der Waals surface area contributed by atoms with Gasteiger partial charge in [0.15, 0.2) is 11.6 Å².